The topological polar surface area (TPSA) is 113 Å². The van der Waals surface area contributed by atoms with Gasteiger partial charge in [0.05, 0.1) is 29.6 Å². The normalized spacial score (nSPS) is 19.9. The van der Waals surface area contributed by atoms with Gasteiger partial charge in [0.15, 0.2) is 0 Å². The number of benzene rings is 2. The van der Waals surface area contributed by atoms with Crippen molar-refractivity contribution in [2.75, 3.05) is 19.3 Å². The number of carbonyl (C=O) groups is 1. The van der Waals surface area contributed by atoms with Crippen LogP contribution < -0.4 is 16.4 Å². The second-order valence-electron chi connectivity index (χ2n) is 9.10. The minimum Gasteiger partial charge on any atom is -0.390 e. The molecule has 4 rings (SSSR count). The summed E-state index contributed by atoms with van der Waals surface area (Å²) in [6.45, 7) is 0.290. The van der Waals surface area contributed by atoms with Gasteiger partial charge in [-0.3, -0.25) is 4.79 Å². The summed E-state index contributed by atoms with van der Waals surface area (Å²) in [7, 11) is 1.69. The number of carbonyl (C=O) groups excluding carboxylic acids is 1. The molecule has 4 atom stereocenters. The highest BCUT2D eigenvalue weighted by molar-refractivity contribution is 9.10. The highest BCUT2D eigenvalue weighted by Gasteiger charge is 2.31. The number of hydrogen-bond donors (Lipinski definition) is 4. The quantitative estimate of drug-likeness (QED) is 0.304. The first-order valence-electron chi connectivity index (χ1n) is 11.8. The molecule has 3 aromatic rings. The molecule has 1 heterocycles. The van der Waals surface area contributed by atoms with Gasteiger partial charge in [-0.25, -0.2) is 23.1 Å². The number of halogens is 4. The molecule has 5 N–H and O–H groups in total. The third-order valence-electron chi connectivity index (χ3n) is 6.46. The van der Waals surface area contributed by atoms with Gasteiger partial charge in [0.25, 0.3) is 5.91 Å². The predicted octanol–water partition coefficient (Wildman–Crippen LogP) is 5.06. The van der Waals surface area contributed by atoms with Crippen LogP contribution in [0.4, 0.5) is 19.0 Å². The lowest BCUT2D eigenvalue weighted by molar-refractivity contribution is 0.0363. The number of aliphatic hydroxyl groups is 1. The van der Waals surface area contributed by atoms with E-state index in [0.29, 0.717) is 34.1 Å². The fourth-order valence-electron chi connectivity index (χ4n) is 4.50. The smallest absolute Gasteiger partial charge is 0.254 e. The molecule has 1 fully saturated rings. The molecular weight excluding hydrogens is 563 g/mol. The van der Waals surface area contributed by atoms with E-state index < -0.39 is 35.9 Å². The summed E-state index contributed by atoms with van der Waals surface area (Å²) in [5, 5.41) is 15.3. The molecule has 11 heteroatoms. The molecule has 0 saturated heterocycles. The zero-order valence-electron chi connectivity index (χ0n) is 20.0. The average Bonchev–Trinajstić information content (AvgIpc) is 2.85. The van der Waals surface area contributed by atoms with Gasteiger partial charge in [0.2, 0.25) is 0 Å². The van der Waals surface area contributed by atoms with Gasteiger partial charge in [-0.1, -0.05) is 29.4 Å². The number of hydrogen-bond acceptors (Lipinski definition) is 6. The molecule has 1 aromatic heterocycles. The van der Waals surface area contributed by atoms with Crippen LogP contribution in [0.2, 0.25) is 0 Å². The van der Waals surface area contributed by atoms with Crippen LogP contribution in [-0.4, -0.2) is 46.8 Å². The zero-order valence-corrected chi connectivity index (χ0v) is 21.6. The molecule has 1 aliphatic carbocycles. The van der Waals surface area contributed by atoms with E-state index in [1.54, 1.807) is 13.1 Å². The third kappa shape index (κ3) is 6.69. The fourth-order valence-corrected chi connectivity index (χ4v) is 4.99. The molecule has 0 spiro atoms. The maximum atomic E-state index is 15.1. The first-order valence-corrected chi connectivity index (χ1v) is 12.6. The van der Waals surface area contributed by atoms with Gasteiger partial charge >= 0.3 is 0 Å². The van der Waals surface area contributed by atoms with Gasteiger partial charge in [-0.2, -0.15) is 0 Å². The highest BCUT2D eigenvalue weighted by atomic mass is 79.9. The average molecular weight is 594 g/mol. The molecule has 0 aliphatic heterocycles. The summed E-state index contributed by atoms with van der Waals surface area (Å²) >= 11 is 3.24. The maximum Gasteiger partial charge on any atom is 0.254 e. The van der Waals surface area contributed by atoms with Gasteiger partial charge in [-0.05, 0) is 62.2 Å². The Bertz CT molecular complexity index is 1280. The monoisotopic (exact) mass is 593 g/mol. The molecule has 38 heavy (non-hydrogen) atoms. The summed E-state index contributed by atoms with van der Waals surface area (Å²) in [5.41, 5.74) is 7.36. The molecule has 0 bridgehead atoms. The summed E-state index contributed by atoms with van der Waals surface area (Å²) in [4.78, 5) is 21.6. The second-order valence-corrected chi connectivity index (χ2v) is 10.0. The Balaban J connectivity index is 0.00000400. The number of aromatic nitrogens is 2. The van der Waals surface area contributed by atoms with Crippen LogP contribution in [0.15, 0.2) is 47.1 Å². The molecule has 4 unspecified atom stereocenters. The van der Waals surface area contributed by atoms with Crippen molar-refractivity contribution in [3.05, 3.63) is 75.5 Å². The molecule has 7 nitrogen and oxygen atoms in total. The van der Waals surface area contributed by atoms with E-state index in [4.69, 9.17) is 5.73 Å². The number of amides is 1. The molecule has 204 valence electrons. The Morgan fingerprint density at radius 3 is 2.66 bits per heavy atom. The number of nitrogens with two attached hydrogens (primary N) is 1. The van der Waals surface area contributed by atoms with Crippen LogP contribution in [0.25, 0.3) is 11.3 Å². The fraction of sp³-hybridized carbons (Fsp3) is 0.370. The summed E-state index contributed by atoms with van der Waals surface area (Å²) in [6.07, 6.45) is 0.105. The second kappa shape index (κ2) is 12.7. The lowest BCUT2D eigenvalue weighted by atomic mass is 9.84. The third-order valence-corrected chi connectivity index (χ3v) is 6.92. The Labute approximate surface area is 228 Å². The Kier molecular flexibility index (Phi) is 9.86. The number of aliphatic hydroxyl groups excluding tert-OH is 1. The van der Waals surface area contributed by atoms with E-state index in [0.717, 1.165) is 6.07 Å². The Morgan fingerprint density at radius 1 is 1.24 bits per heavy atom. The summed E-state index contributed by atoms with van der Waals surface area (Å²) in [5.74, 6) is -2.12. The van der Waals surface area contributed by atoms with Crippen molar-refractivity contribution in [3.8, 4) is 11.3 Å². The van der Waals surface area contributed by atoms with E-state index >= 15 is 4.39 Å². The van der Waals surface area contributed by atoms with Crippen molar-refractivity contribution < 1.29 is 23.1 Å². The first-order chi connectivity index (χ1) is 17.7. The minimum atomic E-state index is -1.35. The minimum absolute atomic E-state index is 0. The molecule has 0 radical (unpaired) electrons. The van der Waals surface area contributed by atoms with Gasteiger partial charge in [0, 0.05) is 22.5 Å². The molecular formula is C27H31BrF3N5O2. The number of nitrogens with zero attached hydrogens (tertiary/aromatic N) is 2. The summed E-state index contributed by atoms with van der Waals surface area (Å²) < 4.78 is 43.6. The lowest BCUT2D eigenvalue weighted by Crippen LogP contribution is -2.35. The van der Waals surface area contributed by atoms with Gasteiger partial charge in [-0.15, -0.1) is 0 Å². The van der Waals surface area contributed by atoms with Crippen molar-refractivity contribution in [1.82, 2.24) is 20.6 Å². The number of rotatable bonds is 7. The maximum absolute atomic E-state index is 15.1. The van der Waals surface area contributed by atoms with E-state index in [2.05, 4.69) is 36.5 Å². The standard InChI is InChI=1S/C26H27BrF3N5O2.CH4/c1-32-11-21(15-6-16(27)10-17(28)7-15)35-26(37)18-4-2-14(9-19(18)29)24-25(31)33-12-22(34-24)13-3-5-23(36)20(30)8-13;/h2,4,6-7,9-10,12-13,20-21,23,32,36H,3,5,8,11H2,1H3,(H2,31,33)(H,35,37);1H4. The molecule has 1 aliphatic rings. The van der Waals surface area contributed by atoms with Crippen LogP contribution >= 0.6 is 15.9 Å². The largest absolute Gasteiger partial charge is 0.390 e. The number of nitrogens with one attached hydrogen (secondary N) is 2. The lowest BCUT2D eigenvalue weighted by Gasteiger charge is -2.28. The number of likely N-dealkylation sites (N-methyl/N-ethyl adjacent to an activating group) is 1. The number of nitrogen functional groups attached to an aromatic ring is 1. The van der Waals surface area contributed by atoms with E-state index in [9.17, 15) is 18.7 Å². The Morgan fingerprint density at radius 2 is 2.00 bits per heavy atom. The van der Waals surface area contributed by atoms with E-state index in [-0.39, 0.29) is 43.4 Å². The Hall–Kier alpha value is -3.02. The van der Waals surface area contributed by atoms with Crippen molar-refractivity contribution in [1.29, 1.82) is 0 Å². The first kappa shape index (κ1) is 29.5. The van der Waals surface area contributed by atoms with E-state index in [1.807, 2.05) is 0 Å². The zero-order chi connectivity index (χ0) is 26.7. The predicted molar refractivity (Wildman–Crippen MR) is 144 cm³/mol. The number of alkyl halides is 1. The van der Waals surface area contributed by atoms with Crippen LogP contribution in [0.3, 0.4) is 0 Å². The summed E-state index contributed by atoms with van der Waals surface area (Å²) in [6, 6.07) is 7.65. The highest BCUT2D eigenvalue weighted by Crippen LogP contribution is 2.35. The SMILES string of the molecule is C.CNCC(NC(=O)c1ccc(-c2nc(C3CCC(O)C(F)C3)cnc2N)cc1F)c1cc(F)cc(Br)c1. The van der Waals surface area contributed by atoms with Crippen molar-refractivity contribution in [2.24, 2.45) is 0 Å². The molecule has 1 amide bonds. The van der Waals surface area contributed by atoms with Crippen molar-refractivity contribution in [2.45, 2.75) is 50.9 Å². The van der Waals surface area contributed by atoms with Crippen molar-refractivity contribution in [3.63, 3.8) is 0 Å². The van der Waals surface area contributed by atoms with Crippen LogP contribution in [-0.2, 0) is 0 Å². The van der Waals surface area contributed by atoms with Gasteiger partial charge in [0.1, 0.15) is 29.3 Å². The van der Waals surface area contributed by atoms with Gasteiger partial charge < -0.3 is 21.5 Å². The molecule has 2 aromatic carbocycles. The van der Waals surface area contributed by atoms with Crippen LogP contribution in [0.1, 0.15) is 60.3 Å². The van der Waals surface area contributed by atoms with Crippen LogP contribution in [0.5, 0.6) is 0 Å². The van der Waals surface area contributed by atoms with Crippen molar-refractivity contribution >= 4 is 27.7 Å². The van der Waals surface area contributed by atoms with E-state index in [1.165, 1.54) is 30.5 Å². The molecule has 1 saturated carbocycles. The number of anilines is 1. The van der Waals surface area contributed by atoms with Crippen LogP contribution in [0, 0.1) is 11.6 Å².